The molecule has 0 radical (unpaired) electrons. The molecule has 1 aromatic heterocycles. The Hall–Kier alpha value is -4.33. The van der Waals surface area contributed by atoms with E-state index in [1.165, 1.54) is 31.2 Å². The Balaban J connectivity index is 1.65. The average molecular weight is 553 g/mol. The van der Waals surface area contributed by atoms with Gasteiger partial charge in [-0.2, -0.15) is 8.78 Å². The SMILES string of the molecule is CC(OC(N)=O)c1oc(-c2ccc(OC(F)F)c(OC3CCOC3)c2)nc1C(=O)NCc1ccc(F)cc1F. The molecule has 2 heterocycles. The van der Waals surface area contributed by atoms with E-state index in [-0.39, 0.29) is 53.1 Å². The van der Waals surface area contributed by atoms with E-state index in [9.17, 15) is 27.2 Å². The Labute approximate surface area is 219 Å². The molecule has 0 spiro atoms. The van der Waals surface area contributed by atoms with E-state index < -0.39 is 42.5 Å². The Bertz CT molecular complexity index is 1350. The number of amides is 2. The molecular weight excluding hydrogens is 530 g/mol. The molecule has 0 aliphatic carbocycles. The Morgan fingerprint density at radius 3 is 2.64 bits per heavy atom. The number of aromatic nitrogens is 1. The molecule has 2 amide bonds. The third-order valence-corrected chi connectivity index (χ3v) is 5.57. The van der Waals surface area contributed by atoms with Gasteiger partial charge in [0.1, 0.15) is 17.7 Å². The van der Waals surface area contributed by atoms with Gasteiger partial charge in [0.05, 0.1) is 13.2 Å². The summed E-state index contributed by atoms with van der Waals surface area (Å²) < 4.78 is 79.3. The van der Waals surface area contributed by atoms with Gasteiger partial charge < -0.3 is 34.4 Å². The molecule has 3 aromatic rings. The fourth-order valence-electron chi connectivity index (χ4n) is 3.76. The predicted molar refractivity (Wildman–Crippen MR) is 125 cm³/mol. The van der Waals surface area contributed by atoms with Gasteiger partial charge in [-0.3, -0.25) is 4.79 Å². The summed E-state index contributed by atoms with van der Waals surface area (Å²) in [5.74, 6) is -3.11. The lowest BCUT2D eigenvalue weighted by atomic mass is 10.2. The number of benzene rings is 2. The number of carbonyl (C=O) groups is 2. The largest absolute Gasteiger partial charge is 0.484 e. The minimum atomic E-state index is -3.11. The van der Waals surface area contributed by atoms with E-state index in [1.54, 1.807) is 0 Å². The first-order valence-corrected chi connectivity index (χ1v) is 11.6. The lowest BCUT2D eigenvalue weighted by Gasteiger charge is -2.16. The summed E-state index contributed by atoms with van der Waals surface area (Å²) in [5.41, 5.74) is 4.99. The van der Waals surface area contributed by atoms with E-state index in [0.717, 1.165) is 6.07 Å². The third-order valence-electron chi connectivity index (χ3n) is 5.57. The molecule has 0 saturated carbocycles. The van der Waals surface area contributed by atoms with Gasteiger partial charge in [-0.25, -0.2) is 18.6 Å². The van der Waals surface area contributed by atoms with Crippen LogP contribution in [0.3, 0.4) is 0 Å². The third kappa shape index (κ3) is 6.96. The van der Waals surface area contributed by atoms with Crippen LogP contribution in [0.25, 0.3) is 11.5 Å². The Morgan fingerprint density at radius 2 is 1.97 bits per heavy atom. The van der Waals surface area contributed by atoms with Gasteiger partial charge in [0, 0.05) is 30.2 Å². The van der Waals surface area contributed by atoms with Crippen LogP contribution in [0.5, 0.6) is 11.5 Å². The van der Waals surface area contributed by atoms with Crippen LogP contribution in [-0.4, -0.2) is 42.9 Å². The summed E-state index contributed by atoms with van der Waals surface area (Å²) in [6, 6.07) is 6.77. The van der Waals surface area contributed by atoms with Crippen molar-refractivity contribution >= 4 is 12.0 Å². The fraction of sp³-hybridized carbons (Fsp3) is 0.320. The van der Waals surface area contributed by atoms with Gasteiger partial charge in [0.25, 0.3) is 5.91 Å². The van der Waals surface area contributed by atoms with Crippen molar-refractivity contribution in [3.8, 4) is 23.0 Å². The predicted octanol–water partition coefficient (Wildman–Crippen LogP) is 4.48. The smallest absolute Gasteiger partial charge is 0.405 e. The van der Waals surface area contributed by atoms with Crippen LogP contribution in [0.15, 0.2) is 40.8 Å². The molecule has 208 valence electrons. The zero-order valence-electron chi connectivity index (χ0n) is 20.4. The number of hydrogen-bond donors (Lipinski definition) is 2. The first-order chi connectivity index (χ1) is 18.6. The molecule has 2 unspecified atom stereocenters. The number of nitrogens with zero attached hydrogens (tertiary/aromatic N) is 1. The second-order valence-corrected chi connectivity index (χ2v) is 8.37. The number of halogens is 4. The van der Waals surface area contributed by atoms with Gasteiger partial charge in [0.2, 0.25) is 5.89 Å². The zero-order valence-corrected chi connectivity index (χ0v) is 20.4. The van der Waals surface area contributed by atoms with E-state index in [4.69, 9.17) is 24.4 Å². The van der Waals surface area contributed by atoms with Crippen LogP contribution in [0, 0.1) is 11.6 Å². The van der Waals surface area contributed by atoms with Crippen molar-refractivity contribution in [3.63, 3.8) is 0 Å². The zero-order chi connectivity index (χ0) is 28.1. The Kier molecular flexibility index (Phi) is 8.54. The van der Waals surface area contributed by atoms with Crippen LogP contribution in [0.4, 0.5) is 22.4 Å². The van der Waals surface area contributed by atoms with Crippen molar-refractivity contribution in [2.75, 3.05) is 13.2 Å². The van der Waals surface area contributed by atoms with E-state index in [2.05, 4.69) is 15.0 Å². The molecule has 1 aliphatic heterocycles. The second kappa shape index (κ2) is 12.0. The van der Waals surface area contributed by atoms with Crippen molar-refractivity contribution in [1.82, 2.24) is 10.3 Å². The molecule has 3 N–H and O–H groups in total. The summed E-state index contributed by atoms with van der Waals surface area (Å²) in [6.07, 6.45) is -2.19. The number of rotatable bonds is 10. The van der Waals surface area contributed by atoms with Crippen LogP contribution < -0.4 is 20.5 Å². The first-order valence-electron chi connectivity index (χ1n) is 11.6. The molecule has 1 aliphatic rings. The van der Waals surface area contributed by atoms with Crippen molar-refractivity contribution in [2.45, 2.75) is 38.7 Å². The van der Waals surface area contributed by atoms with E-state index >= 15 is 0 Å². The van der Waals surface area contributed by atoms with Crippen molar-refractivity contribution in [3.05, 3.63) is 65.1 Å². The number of hydrogen-bond acceptors (Lipinski definition) is 8. The highest BCUT2D eigenvalue weighted by Crippen LogP contribution is 2.36. The van der Waals surface area contributed by atoms with Crippen LogP contribution in [-0.2, 0) is 16.0 Å². The molecule has 10 nitrogen and oxygen atoms in total. The maximum Gasteiger partial charge on any atom is 0.405 e. The molecule has 14 heteroatoms. The number of oxazole rings is 1. The minimum Gasteiger partial charge on any atom is -0.484 e. The molecule has 2 atom stereocenters. The second-order valence-electron chi connectivity index (χ2n) is 8.37. The number of nitrogens with one attached hydrogen (secondary N) is 1. The quantitative estimate of drug-likeness (QED) is 0.351. The van der Waals surface area contributed by atoms with Gasteiger partial charge in [0.15, 0.2) is 29.1 Å². The van der Waals surface area contributed by atoms with Gasteiger partial charge >= 0.3 is 12.7 Å². The molecular formula is C25H23F4N3O7. The van der Waals surface area contributed by atoms with Crippen LogP contribution in [0.1, 0.15) is 41.3 Å². The molecule has 1 saturated heterocycles. The number of nitrogens with two attached hydrogens (primary N) is 1. The van der Waals surface area contributed by atoms with E-state index in [0.29, 0.717) is 19.1 Å². The summed E-state index contributed by atoms with van der Waals surface area (Å²) in [6.45, 7) is -1.36. The monoisotopic (exact) mass is 553 g/mol. The van der Waals surface area contributed by atoms with Crippen molar-refractivity contribution in [2.24, 2.45) is 5.73 Å². The summed E-state index contributed by atoms with van der Waals surface area (Å²) in [5, 5.41) is 2.44. The van der Waals surface area contributed by atoms with E-state index in [1.807, 2.05) is 0 Å². The normalized spacial score (nSPS) is 15.7. The Morgan fingerprint density at radius 1 is 1.18 bits per heavy atom. The van der Waals surface area contributed by atoms with Gasteiger partial charge in [-0.15, -0.1) is 0 Å². The average Bonchev–Trinajstić information content (AvgIpc) is 3.54. The maximum atomic E-state index is 14.0. The standard InChI is InChI=1S/C25H23F4N3O7/c1-12(36-25(30)34)21-20(22(33)31-10-14-2-4-15(26)9-17(14)27)32-23(39-21)13-3-5-18(38-24(28)29)19(8-13)37-16-6-7-35-11-16/h2-5,8-9,12,16,24H,6-7,10-11H2,1H3,(H2,30,34)(H,31,33). The van der Waals surface area contributed by atoms with Crippen molar-refractivity contribution < 1.29 is 50.5 Å². The molecule has 4 rings (SSSR count). The van der Waals surface area contributed by atoms with Crippen LogP contribution >= 0.6 is 0 Å². The summed E-state index contributed by atoms with van der Waals surface area (Å²) >= 11 is 0. The lowest BCUT2D eigenvalue weighted by Crippen LogP contribution is -2.26. The van der Waals surface area contributed by atoms with Crippen molar-refractivity contribution in [1.29, 1.82) is 0 Å². The summed E-state index contributed by atoms with van der Waals surface area (Å²) in [4.78, 5) is 28.5. The van der Waals surface area contributed by atoms with Gasteiger partial charge in [-0.05, 0) is 31.2 Å². The number of carbonyl (C=O) groups excluding carboxylic acids is 2. The first kappa shape index (κ1) is 27.7. The highest BCUT2D eigenvalue weighted by Gasteiger charge is 2.28. The number of ether oxygens (including phenoxy) is 4. The number of alkyl halides is 2. The maximum absolute atomic E-state index is 14.0. The van der Waals surface area contributed by atoms with Gasteiger partial charge in [-0.1, -0.05) is 6.07 Å². The molecule has 1 fully saturated rings. The molecule has 0 bridgehead atoms. The highest BCUT2D eigenvalue weighted by molar-refractivity contribution is 5.94. The lowest BCUT2D eigenvalue weighted by molar-refractivity contribution is -0.0521. The fourth-order valence-corrected chi connectivity index (χ4v) is 3.76. The topological polar surface area (TPSA) is 135 Å². The molecule has 39 heavy (non-hydrogen) atoms. The minimum absolute atomic E-state index is 0.00348. The highest BCUT2D eigenvalue weighted by atomic mass is 19.3. The van der Waals surface area contributed by atoms with Crippen LogP contribution in [0.2, 0.25) is 0 Å². The summed E-state index contributed by atoms with van der Waals surface area (Å²) in [7, 11) is 0. The molecule has 2 aromatic carbocycles. The number of primary amides is 1.